The van der Waals surface area contributed by atoms with Gasteiger partial charge < -0.3 is 10.1 Å². The molecule has 146 valence electrons. The molecule has 0 atom stereocenters. The fourth-order valence-corrected chi connectivity index (χ4v) is 2.73. The number of hydrogen-bond acceptors (Lipinski definition) is 5. The largest absolute Gasteiger partial charge is 0.452 e. The molecule has 29 heavy (non-hydrogen) atoms. The first-order valence-corrected chi connectivity index (χ1v) is 8.81. The Bertz CT molecular complexity index is 1050. The molecule has 3 rings (SSSR count). The molecule has 0 radical (unpaired) electrons. The van der Waals surface area contributed by atoms with E-state index >= 15 is 0 Å². The van der Waals surface area contributed by atoms with Crippen molar-refractivity contribution in [1.82, 2.24) is 0 Å². The molecule has 7 nitrogen and oxygen atoms in total. The summed E-state index contributed by atoms with van der Waals surface area (Å²) >= 11 is 0. The number of carbonyl (C=O) groups excluding carboxylic acids is 2. The maximum Gasteiger partial charge on any atom is 0.338 e. The number of nitro benzene ring substituents is 1. The molecular weight excluding hydrogens is 372 g/mol. The molecule has 7 heteroatoms. The Morgan fingerprint density at radius 2 is 1.62 bits per heavy atom. The van der Waals surface area contributed by atoms with Gasteiger partial charge in [-0.1, -0.05) is 42.5 Å². The quantitative estimate of drug-likeness (QED) is 0.383. The molecule has 1 amide bonds. The number of nitro groups is 1. The maximum absolute atomic E-state index is 12.2. The lowest BCUT2D eigenvalue weighted by molar-refractivity contribution is -0.384. The molecule has 0 heterocycles. The summed E-state index contributed by atoms with van der Waals surface area (Å²) in [4.78, 5) is 34.4. The second-order valence-electron chi connectivity index (χ2n) is 6.32. The van der Waals surface area contributed by atoms with Gasteiger partial charge in [0.15, 0.2) is 6.61 Å². The molecule has 0 fully saturated rings. The van der Waals surface area contributed by atoms with Gasteiger partial charge in [-0.15, -0.1) is 0 Å². The first kappa shape index (κ1) is 19.8. The van der Waals surface area contributed by atoms with Crippen LogP contribution in [0.1, 0.15) is 15.9 Å². The number of non-ortho nitro benzene ring substituents is 1. The van der Waals surface area contributed by atoms with Gasteiger partial charge in [-0.3, -0.25) is 14.9 Å². The molecule has 0 aliphatic rings. The first-order valence-electron chi connectivity index (χ1n) is 8.81. The summed E-state index contributed by atoms with van der Waals surface area (Å²) in [5, 5.41) is 13.3. The van der Waals surface area contributed by atoms with Gasteiger partial charge in [0.1, 0.15) is 0 Å². The number of anilines is 1. The Kier molecular flexibility index (Phi) is 5.99. The average Bonchev–Trinajstić information content (AvgIpc) is 2.74. The monoisotopic (exact) mass is 390 g/mol. The lowest BCUT2D eigenvalue weighted by atomic mass is 10.0. The number of benzene rings is 3. The van der Waals surface area contributed by atoms with Crippen LogP contribution in [0.25, 0.3) is 11.1 Å². The van der Waals surface area contributed by atoms with Crippen molar-refractivity contribution in [1.29, 1.82) is 0 Å². The van der Waals surface area contributed by atoms with E-state index < -0.39 is 23.4 Å². The molecule has 0 aliphatic heterocycles. The van der Waals surface area contributed by atoms with Crippen LogP contribution >= 0.6 is 0 Å². The van der Waals surface area contributed by atoms with Crippen LogP contribution in [0.3, 0.4) is 0 Å². The minimum atomic E-state index is -0.611. The SMILES string of the molecule is Cc1cc([N+](=O)[O-])ccc1NC(=O)COC(=O)c1ccc(-c2ccccc2)cc1. The predicted octanol–water partition coefficient (Wildman–Crippen LogP) is 4.37. The van der Waals surface area contributed by atoms with Crippen LogP contribution in [0.4, 0.5) is 11.4 Å². The smallest absolute Gasteiger partial charge is 0.338 e. The van der Waals surface area contributed by atoms with Gasteiger partial charge in [0.05, 0.1) is 10.5 Å². The van der Waals surface area contributed by atoms with Crippen molar-refractivity contribution < 1.29 is 19.2 Å². The molecule has 0 unspecified atom stereocenters. The van der Waals surface area contributed by atoms with Crippen LogP contribution in [-0.2, 0) is 9.53 Å². The van der Waals surface area contributed by atoms with E-state index in [-0.39, 0.29) is 5.69 Å². The Hall–Kier alpha value is -4.00. The number of ether oxygens (including phenoxy) is 1. The second kappa shape index (κ2) is 8.79. The van der Waals surface area contributed by atoms with Gasteiger partial charge in [-0.2, -0.15) is 0 Å². The minimum Gasteiger partial charge on any atom is -0.452 e. The van der Waals surface area contributed by atoms with Crippen LogP contribution in [0.15, 0.2) is 72.8 Å². The van der Waals surface area contributed by atoms with Gasteiger partial charge >= 0.3 is 5.97 Å². The van der Waals surface area contributed by atoms with Crippen LogP contribution in [0, 0.1) is 17.0 Å². The summed E-state index contributed by atoms with van der Waals surface area (Å²) in [6.45, 7) is 1.18. The van der Waals surface area contributed by atoms with E-state index in [4.69, 9.17) is 4.74 Å². The Morgan fingerprint density at radius 3 is 2.24 bits per heavy atom. The summed E-state index contributed by atoms with van der Waals surface area (Å²) in [5.41, 5.74) is 3.23. The number of hydrogen-bond donors (Lipinski definition) is 1. The molecule has 0 aliphatic carbocycles. The molecule has 3 aromatic rings. The van der Waals surface area contributed by atoms with E-state index in [1.165, 1.54) is 18.2 Å². The number of carbonyl (C=O) groups is 2. The summed E-state index contributed by atoms with van der Waals surface area (Å²) in [7, 11) is 0. The fraction of sp³-hybridized carbons (Fsp3) is 0.0909. The zero-order valence-corrected chi connectivity index (χ0v) is 15.6. The van der Waals surface area contributed by atoms with Crippen molar-refractivity contribution in [3.63, 3.8) is 0 Å². The van der Waals surface area contributed by atoms with Crippen molar-refractivity contribution >= 4 is 23.3 Å². The summed E-state index contributed by atoms with van der Waals surface area (Å²) in [6.07, 6.45) is 0. The van der Waals surface area contributed by atoms with Crippen LogP contribution in [0.5, 0.6) is 0 Å². The highest BCUT2D eigenvalue weighted by Crippen LogP contribution is 2.21. The Labute approximate surface area is 167 Å². The Morgan fingerprint density at radius 1 is 0.966 bits per heavy atom. The lowest BCUT2D eigenvalue weighted by Gasteiger charge is -2.09. The topological polar surface area (TPSA) is 98.5 Å². The van der Waals surface area contributed by atoms with Gasteiger partial charge in [0, 0.05) is 17.8 Å². The molecule has 0 aromatic heterocycles. The van der Waals surface area contributed by atoms with Crippen LogP contribution in [0.2, 0.25) is 0 Å². The van der Waals surface area contributed by atoms with E-state index in [2.05, 4.69) is 5.32 Å². The molecular formula is C22H18N2O5. The van der Waals surface area contributed by atoms with Gasteiger partial charge in [-0.25, -0.2) is 4.79 Å². The fourth-order valence-electron chi connectivity index (χ4n) is 2.73. The second-order valence-corrected chi connectivity index (χ2v) is 6.32. The highest BCUT2D eigenvalue weighted by atomic mass is 16.6. The third-order valence-electron chi connectivity index (χ3n) is 4.26. The number of amides is 1. The lowest BCUT2D eigenvalue weighted by Crippen LogP contribution is -2.21. The van der Waals surface area contributed by atoms with Gasteiger partial charge in [0.2, 0.25) is 0 Å². The molecule has 3 aromatic carbocycles. The zero-order valence-electron chi connectivity index (χ0n) is 15.6. The molecule has 0 saturated carbocycles. The Balaban J connectivity index is 1.56. The van der Waals surface area contributed by atoms with Crippen molar-refractivity contribution in [2.75, 3.05) is 11.9 Å². The van der Waals surface area contributed by atoms with Crippen molar-refractivity contribution in [3.8, 4) is 11.1 Å². The molecule has 1 N–H and O–H groups in total. The van der Waals surface area contributed by atoms with E-state index in [9.17, 15) is 19.7 Å². The summed E-state index contributed by atoms with van der Waals surface area (Å²) < 4.78 is 5.05. The number of nitrogens with zero attached hydrogens (tertiary/aromatic N) is 1. The van der Waals surface area contributed by atoms with Crippen molar-refractivity contribution in [2.45, 2.75) is 6.92 Å². The minimum absolute atomic E-state index is 0.0640. The molecule has 0 saturated heterocycles. The molecule has 0 spiro atoms. The van der Waals surface area contributed by atoms with E-state index in [1.807, 2.05) is 42.5 Å². The van der Waals surface area contributed by atoms with Crippen LogP contribution < -0.4 is 5.32 Å². The average molecular weight is 390 g/mol. The molecule has 0 bridgehead atoms. The van der Waals surface area contributed by atoms with E-state index in [1.54, 1.807) is 19.1 Å². The number of aryl methyl sites for hydroxylation is 1. The number of esters is 1. The summed E-state index contributed by atoms with van der Waals surface area (Å²) in [5.74, 6) is -1.14. The first-order chi connectivity index (χ1) is 13.9. The third kappa shape index (κ3) is 5.04. The zero-order chi connectivity index (χ0) is 20.8. The number of rotatable bonds is 6. The maximum atomic E-state index is 12.2. The van der Waals surface area contributed by atoms with Gasteiger partial charge in [-0.05, 0) is 41.8 Å². The highest BCUT2D eigenvalue weighted by molar-refractivity contribution is 5.96. The normalized spacial score (nSPS) is 10.2. The third-order valence-corrected chi connectivity index (χ3v) is 4.26. The van der Waals surface area contributed by atoms with Crippen LogP contribution in [-0.4, -0.2) is 23.4 Å². The standard InChI is InChI=1S/C22H18N2O5/c1-15-13-19(24(27)28)11-12-20(15)23-21(25)14-29-22(26)18-9-7-17(8-10-18)16-5-3-2-4-6-16/h2-13H,14H2,1H3,(H,23,25). The van der Waals surface area contributed by atoms with Crippen molar-refractivity contribution in [3.05, 3.63) is 94.0 Å². The summed E-state index contributed by atoms with van der Waals surface area (Å²) in [6, 6.07) is 20.7. The van der Waals surface area contributed by atoms with Crippen molar-refractivity contribution in [2.24, 2.45) is 0 Å². The van der Waals surface area contributed by atoms with Gasteiger partial charge in [0.25, 0.3) is 11.6 Å². The highest BCUT2D eigenvalue weighted by Gasteiger charge is 2.13. The predicted molar refractivity (Wildman–Crippen MR) is 109 cm³/mol. The van der Waals surface area contributed by atoms with E-state index in [0.717, 1.165) is 11.1 Å². The van der Waals surface area contributed by atoms with E-state index in [0.29, 0.717) is 16.8 Å². The number of nitrogens with one attached hydrogen (secondary N) is 1.